The van der Waals surface area contributed by atoms with Gasteiger partial charge in [0.05, 0.1) is 12.7 Å². The SMILES string of the molecule is C#CCNC(=O)COc1ccc(Cl)nc1. The Balaban J connectivity index is 2.34. The minimum Gasteiger partial charge on any atom is -0.482 e. The summed E-state index contributed by atoms with van der Waals surface area (Å²) in [6.45, 7) is 0.103. The molecular formula is C10H9ClN2O2. The number of terminal acetylenes is 1. The fraction of sp³-hybridized carbons (Fsp3) is 0.200. The van der Waals surface area contributed by atoms with E-state index in [4.69, 9.17) is 22.8 Å². The lowest BCUT2D eigenvalue weighted by atomic mass is 10.4. The highest BCUT2D eigenvalue weighted by Gasteiger charge is 2.01. The van der Waals surface area contributed by atoms with E-state index < -0.39 is 0 Å². The molecule has 0 unspecified atom stereocenters. The third-order valence-corrected chi connectivity index (χ3v) is 1.68. The van der Waals surface area contributed by atoms with Crippen LogP contribution in [0.15, 0.2) is 18.3 Å². The molecule has 1 aromatic heterocycles. The predicted molar refractivity (Wildman–Crippen MR) is 56.6 cm³/mol. The van der Waals surface area contributed by atoms with Gasteiger partial charge in [0, 0.05) is 0 Å². The van der Waals surface area contributed by atoms with E-state index in [1.165, 1.54) is 6.20 Å². The van der Waals surface area contributed by atoms with Gasteiger partial charge >= 0.3 is 0 Å². The van der Waals surface area contributed by atoms with Crippen LogP contribution in [0.5, 0.6) is 5.75 Å². The molecule has 1 aromatic rings. The van der Waals surface area contributed by atoms with Crippen molar-refractivity contribution < 1.29 is 9.53 Å². The van der Waals surface area contributed by atoms with E-state index in [1.807, 2.05) is 0 Å². The van der Waals surface area contributed by atoms with E-state index in [9.17, 15) is 4.79 Å². The van der Waals surface area contributed by atoms with Crippen molar-refractivity contribution in [3.05, 3.63) is 23.5 Å². The highest BCUT2D eigenvalue weighted by molar-refractivity contribution is 6.29. The third kappa shape index (κ3) is 4.34. The lowest BCUT2D eigenvalue weighted by molar-refractivity contribution is -0.122. The van der Waals surface area contributed by atoms with E-state index in [-0.39, 0.29) is 19.1 Å². The summed E-state index contributed by atoms with van der Waals surface area (Å²) >= 11 is 5.57. The molecule has 0 bridgehead atoms. The van der Waals surface area contributed by atoms with E-state index in [0.29, 0.717) is 10.9 Å². The lowest BCUT2D eigenvalue weighted by Crippen LogP contribution is -2.29. The van der Waals surface area contributed by atoms with Gasteiger partial charge < -0.3 is 10.1 Å². The van der Waals surface area contributed by atoms with Crippen molar-refractivity contribution >= 4 is 17.5 Å². The molecule has 78 valence electrons. The fourth-order valence-corrected chi connectivity index (χ4v) is 0.909. The monoisotopic (exact) mass is 224 g/mol. The number of nitrogens with one attached hydrogen (secondary N) is 1. The molecule has 0 fully saturated rings. The van der Waals surface area contributed by atoms with Gasteiger partial charge in [-0.3, -0.25) is 4.79 Å². The van der Waals surface area contributed by atoms with E-state index in [0.717, 1.165) is 0 Å². The smallest absolute Gasteiger partial charge is 0.258 e. The maximum Gasteiger partial charge on any atom is 0.258 e. The van der Waals surface area contributed by atoms with Crippen LogP contribution >= 0.6 is 11.6 Å². The van der Waals surface area contributed by atoms with Crippen molar-refractivity contribution in [2.75, 3.05) is 13.2 Å². The van der Waals surface area contributed by atoms with Crippen LogP contribution in [-0.4, -0.2) is 24.0 Å². The standard InChI is InChI=1S/C10H9ClN2O2/c1-2-5-12-10(14)7-15-8-3-4-9(11)13-6-8/h1,3-4,6H,5,7H2,(H,12,14). The summed E-state index contributed by atoms with van der Waals surface area (Å²) in [5.74, 6) is 2.49. The minimum atomic E-state index is -0.275. The van der Waals surface area contributed by atoms with Crippen LogP contribution in [-0.2, 0) is 4.79 Å². The molecule has 5 heteroatoms. The number of hydrogen-bond acceptors (Lipinski definition) is 3. The van der Waals surface area contributed by atoms with Crippen LogP contribution in [0.2, 0.25) is 5.15 Å². The number of ether oxygens (including phenoxy) is 1. The maximum absolute atomic E-state index is 11.1. The molecule has 1 amide bonds. The molecule has 0 aliphatic carbocycles. The quantitative estimate of drug-likeness (QED) is 0.610. The van der Waals surface area contributed by atoms with Gasteiger partial charge in [-0.05, 0) is 12.1 Å². The number of carbonyl (C=O) groups excluding carboxylic acids is 1. The van der Waals surface area contributed by atoms with Crippen molar-refractivity contribution in [1.82, 2.24) is 10.3 Å². The van der Waals surface area contributed by atoms with Crippen LogP contribution in [0.3, 0.4) is 0 Å². The first-order chi connectivity index (χ1) is 7.22. The molecule has 1 N–H and O–H groups in total. The summed E-state index contributed by atoms with van der Waals surface area (Å²) < 4.78 is 5.12. The van der Waals surface area contributed by atoms with Crippen molar-refractivity contribution in [2.45, 2.75) is 0 Å². The Bertz CT molecular complexity index is 370. The number of amides is 1. The van der Waals surface area contributed by atoms with E-state index >= 15 is 0 Å². The zero-order chi connectivity index (χ0) is 11.1. The number of halogens is 1. The minimum absolute atomic E-state index is 0.0923. The summed E-state index contributed by atoms with van der Waals surface area (Å²) in [5.41, 5.74) is 0. The number of hydrogen-bond donors (Lipinski definition) is 1. The number of rotatable bonds is 4. The molecular weight excluding hydrogens is 216 g/mol. The fourth-order valence-electron chi connectivity index (χ4n) is 0.797. The molecule has 0 saturated carbocycles. The number of aromatic nitrogens is 1. The van der Waals surface area contributed by atoms with Crippen molar-refractivity contribution in [1.29, 1.82) is 0 Å². The summed E-state index contributed by atoms with van der Waals surface area (Å²) in [7, 11) is 0. The van der Waals surface area contributed by atoms with Gasteiger partial charge in [0.15, 0.2) is 6.61 Å². The predicted octanol–water partition coefficient (Wildman–Crippen LogP) is 0.863. The molecule has 0 aromatic carbocycles. The Morgan fingerprint density at radius 3 is 3.07 bits per heavy atom. The highest BCUT2D eigenvalue weighted by atomic mass is 35.5. The van der Waals surface area contributed by atoms with Crippen molar-refractivity contribution in [2.24, 2.45) is 0 Å². The highest BCUT2D eigenvalue weighted by Crippen LogP contribution is 2.11. The van der Waals surface area contributed by atoms with Gasteiger partial charge in [0.1, 0.15) is 10.9 Å². The van der Waals surface area contributed by atoms with Gasteiger partial charge in [0.2, 0.25) is 0 Å². The second-order valence-electron chi connectivity index (χ2n) is 2.59. The van der Waals surface area contributed by atoms with Crippen LogP contribution in [0, 0.1) is 12.3 Å². The van der Waals surface area contributed by atoms with E-state index in [1.54, 1.807) is 12.1 Å². The average Bonchev–Trinajstić information content (AvgIpc) is 2.25. The Hall–Kier alpha value is -1.73. The summed E-state index contributed by atoms with van der Waals surface area (Å²) in [4.78, 5) is 14.9. The molecule has 0 aliphatic rings. The molecule has 15 heavy (non-hydrogen) atoms. The number of nitrogens with zero attached hydrogens (tertiary/aromatic N) is 1. The zero-order valence-electron chi connectivity index (χ0n) is 7.87. The Kier molecular flexibility index (Phi) is 4.45. The Labute approximate surface area is 92.6 Å². The van der Waals surface area contributed by atoms with Crippen molar-refractivity contribution in [3.63, 3.8) is 0 Å². The van der Waals surface area contributed by atoms with Gasteiger partial charge in [0.25, 0.3) is 5.91 Å². The van der Waals surface area contributed by atoms with Crippen LogP contribution < -0.4 is 10.1 Å². The molecule has 1 heterocycles. The summed E-state index contributed by atoms with van der Waals surface area (Å²) in [6.07, 6.45) is 6.41. The molecule has 1 rings (SSSR count). The van der Waals surface area contributed by atoms with Crippen LogP contribution in [0.4, 0.5) is 0 Å². The van der Waals surface area contributed by atoms with Gasteiger partial charge in [-0.15, -0.1) is 6.42 Å². The van der Waals surface area contributed by atoms with Crippen LogP contribution in [0.1, 0.15) is 0 Å². The molecule has 0 saturated heterocycles. The molecule has 0 aliphatic heterocycles. The lowest BCUT2D eigenvalue weighted by Gasteiger charge is -2.04. The third-order valence-electron chi connectivity index (χ3n) is 1.46. The first kappa shape index (κ1) is 11.3. The topological polar surface area (TPSA) is 51.2 Å². The Morgan fingerprint density at radius 2 is 2.47 bits per heavy atom. The number of carbonyl (C=O) groups is 1. The first-order valence-corrected chi connectivity index (χ1v) is 4.54. The Morgan fingerprint density at radius 1 is 1.67 bits per heavy atom. The summed E-state index contributed by atoms with van der Waals surface area (Å²) in [6, 6.07) is 3.21. The van der Waals surface area contributed by atoms with E-state index in [2.05, 4.69) is 16.2 Å². The maximum atomic E-state index is 11.1. The first-order valence-electron chi connectivity index (χ1n) is 4.17. The van der Waals surface area contributed by atoms with Gasteiger partial charge in [-0.1, -0.05) is 17.5 Å². The zero-order valence-corrected chi connectivity index (χ0v) is 8.62. The van der Waals surface area contributed by atoms with Crippen LogP contribution in [0.25, 0.3) is 0 Å². The number of pyridine rings is 1. The average molecular weight is 225 g/mol. The van der Waals surface area contributed by atoms with Gasteiger partial charge in [-0.25, -0.2) is 4.98 Å². The molecule has 4 nitrogen and oxygen atoms in total. The normalized spacial score (nSPS) is 9.07. The molecule has 0 radical (unpaired) electrons. The largest absolute Gasteiger partial charge is 0.482 e. The summed E-state index contributed by atoms with van der Waals surface area (Å²) in [5, 5.41) is 2.84. The second kappa shape index (κ2) is 5.89. The molecule has 0 atom stereocenters. The second-order valence-corrected chi connectivity index (χ2v) is 2.97. The molecule has 0 spiro atoms. The van der Waals surface area contributed by atoms with Crippen molar-refractivity contribution in [3.8, 4) is 18.1 Å². The van der Waals surface area contributed by atoms with Gasteiger partial charge in [-0.2, -0.15) is 0 Å².